The molecule has 3 N–H and O–H groups in total. The Balaban J connectivity index is 2.28. The maximum Gasteiger partial charge on any atom is 0.228 e. The van der Waals surface area contributed by atoms with Crippen LogP contribution in [0.4, 0.5) is 11.6 Å². The molecule has 0 aliphatic carbocycles. The Morgan fingerprint density at radius 3 is 2.56 bits per heavy atom. The van der Waals surface area contributed by atoms with Crippen LogP contribution in [0.2, 0.25) is 0 Å². The summed E-state index contributed by atoms with van der Waals surface area (Å²) < 4.78 is 1.02. The number of rotatable bonds is 3. The van der Waals surface area contributed by atoms with Gasteiger partial charge in [-0.1, -0.05) is 28.1 Å². The van der Waals surface area contributed by atoms with E-state index in [4.69, 9.17) is 18.0 Å². The lowest BCUT2D eigenvalue weighted by molar-refractivity contribution is 1.09. The Hall–Kier alpha value is -1.53. The van der Waals surface area contributed by atoms with Crippen molar-refractivity contribution in [3.63, 3.8) is 0 Å². The molecule has 6 heteroatoms. The summed E-state index contributed by atoms with van der Waals surface area (Å²) in [6.45, 7) is 1.87. The van der Waals surface area contributed by atoms with E-state index in [1.807, 2.05) is 31.2 Å². The lowest BCUT2D eigenvalue weighted by atomic mass is 10.3. The van der Waals surface area contributed by atoms with E-state index in [1.165, 1.54) is 0 Å². The van der Waals surface area contributed by atoms with E-state index in [0.29, 0.717) is 11.6 Å². The molecule has 2 aromatic rings. The van der Waals surface area contributed by atoms with Crippen molar-refractivity contribution >= 4 is 44.8 Å². The molecule has 0 atom stereocenters. The lowest BCUT2D eigenvalue weighted by Crippen LogP contribution is -2.13. The maximum absolute atomic E-state index is 5.57. The number of nitrogens with two attached hydrogens (primary N) is 1. The molecule has 0 unspecified atom stereocenters. The number of benzene rings is 1. The monoisotopic (exact) mass is 322 g/mol. The molecule has 0 aliphatic heterocycles. The molecule has 0 amide bonds. The van der Waals surface area contributed by atoms with Crippen LogP contribution in [0.5, 0.6) is 0 Å². The highest BCUT2D eigenvalue weighted by Crippen LogP contribution is 2.17. The van der Waals surface area contributed by atoms with Crippen molar-refractivity contribution in [2.24, 2.45) is 5.73 Å². The SMILES string of the molecule is Cc1cc(C(N)=S)nc(Nc2ccc(Br)cc2)n1. The van der Waals surface area contributed by atoms with E-state index < -0.39 is 0 Å². The predicted molar refractivity (Wildman–Crippen MR) is 80.1 cm³/mol. The fourth-order valence-corrected chi connectivity index (χ4v) is 1.78. The predicted octanol–water partition coefficient (Wildman–Crippen LogP) is 2.93. The largest absolute Gasteiger partial charge is 0.388 e. The second-order valence-corrected chi connectivity index (χ2v) is 5.07. The molecule has 0 radical (unpaired) electrons. The first-order chi connectivity index (χ1) is 8.54. The molecule has 1 aromatic heterocycles. The summed E-state index contributed by atoms with van der Waals surface area (Å²) >= 11 is 8.30. The third kappa shape index (κ3) is 3.24. The number of aryl methyl sites for hydroxylation is 1. The van der Waals surface area contributed by atoms with Crippen molar-refractivity contribution in [3.8, 4) is 0 Å². The van der Waals surface area contributed by atoms with Gasteiger partial charge in [-0.15, -0.1) is 0 Å². The minimum atomic E-state index is 0.263. The summed E-state index contributed by atoms with van der Waals surface area (Å²) in [7, 11) is 0. The van der Waals surface area contributed by atoms with Crippen LogP contribution < -0.4 is 11.1 Å². The summed E-state index contributed by atoms with van der Waals surface area (Å²) in [5.74, 6) is 0.486. The van der Waals surface area contributed by atoms with Crippen LogP contribution in [-0.4, -0.2) is 15.0 Å². The number of anilines is 2. The minimum absolute atomic E-state index is 0.263. The molecule has 1 aromatic carbocycles. The minimum Gasteiger partial charge on any atom is -0.388 e. The molecular weight excluding hydrogens is 312 g/mol. The van der Waals surface area contributed by atoms with Gasteiger partial charge in [0.1, 0.15) is 10.7 Å². The van der Waals surface area contributed by atoms with Gasteiger partial charge in [-0.05, 0) is 37.3 Å². The number of nitrogens with zero attached hydrogens (tertiary/aromatic N) is 2. The summed E-state index contributed by atoms with van der Waals surface area (Å²) in [5.41, 5.74) is 7.85. The Bertz CT molecular complexity index is 583. The van der Waals surface area contributed by atoms with Crippen LogP contribution in [-0.2, 0) is 0 Å². The Kier molecular flexibility index (Phi) is 3.88. The zero-order chi connectivity index (χ0) is 13.1. The molecule has 0 aliphatic rings. The van der Waals surface area contributed by atoms with Crippen molar-refractivity contribution in [2.75, 3.05) is 5.32 Å². The Labute approximate surface area is 119 Å². The van der Waals surface area contributed by atoms with Crippen molar-refractivity contribution in [1.29, 1.82) is 0 Å². The molecule has 4 nitrogen and oxygen atoms in total. The van der Waals surface area contributed by atoms with Crippen LogP contribution in [0, 0.1) is 6.92 Å². The smallest absolute Gasteiger partial charge is 0.228 e. The van der Waals surface area contributed by atoms with Gasteiger partial charge < -0.3 is 11.1 Å². The Morgan fingerprint density at radius 1 is 1.28 bits per heavy atom. The molecule has 0 spiro atoms. The summed E-state index contributed by atoms with van der Waals surface area (Å²) in [5, 5.41) is 3.11. The number of hydrogen-bond donors (Lipinski definition) is 2. The fourth-order valence-electron chi connectivity index (χ4n) is 1.41. The van der Waals surface area contributed by atoms with Crippen molar-refractivity contribution in [2.45, 2.75) is 6.92 Å². The van der Waals surface area contributed by atoms with E-state index in [-0.39, 0.29) is 4.99 Å². The molecule has 2 rings (SSSR count). The van der Waals surface area contributed by atoms with Crippen molar-refractivity contribution in [3.05, 3.63) is 46.2 Å². The number of aromatic nitrogens is 2. The number of thiocarbonyl (C=S) groups is 1. The van der Waals surface area contributed by atoms with E-state index in [1.54, 1.807) is 6.07 Å². The molecule has 1 heterocycles. The molecule has 0 bridgehead atoms. The van der Waals surface area contributed by atoms with Crippen LogP contribution >= 0.6 is 28.1 Å². The molecule has 0 saturated carbocycles. The van der Waals surface area contributed by atoms with Gasteiger partial charge in [0.25, 0.3) is 0 Å². The average Bonchev–Trinajstić information content (AvgIpc) is 2.31. The van der Waals surface area contributed by atoms with Gasteiger partial charge in [0.15, 0.2) is 0 Å². The first-order valence-electron chi connectivity index (χ1n) is 5.22. The zero-order valence-electron chi connectivity index (χ0n) is 9.64. The second-order valence-electron chi connectivity index (χ2n) is 3.71. The number of nitrogens with one attached hydrogen (secondary N) is 1. The lowest BCUT2D eigenvalue weighted by Gasteiger charge is -2.07. The highest BCUT2D eigenvalue weighted by Gasteiger charge is 2.04. The van der Waals surface area contributed by atoms with Gasteiger partial charge in [0.2, 0.25) is 5.95 Å². The topological polar surface area (TPSA) is 63.8 Å². The van der Waals surface area contributed by atoms with Gasteiger partial charge in [0, 0.05) is 15.9 Å². The van der Waals surface area contributed by atoms with Crippen LogP contribution in [0.3, 0.4) is 0 Å². The third-order valence-electron chi connectivity index (χ3n) is 2.21. The van der Waals surface area contributed by atoms with E-state index in [9.17, 15) is 0 Å². The van der Waals surface area contributed by atoms with Gasteiger partial charge in [0.05, 0.1) is 0 Å². The molecule has 92 valence electrons. The van der Waals surface area contributed by atoms with E-state index in [0.717, 1.165) is 15.9 Å². The number of hydrogen-bond acceptors (Lipinski definition) is 4. The highest BCUT2D eigenvalue weighted by molar-refractivity contribution is 9.10. The highest BCUT2D eigenvalue weighted by atomic mass is 79.9. The maximum atomic E-state index is 5.57. The molecule has 0 fully saturated rings. The Morgan fingerprint density at radius 2 is 1.94 bits per heavy atom. The normalized spacial score (nSPS) is 10.1. The zero-order valence-corrected chi connectivity index (χ0v) is 12.0. The van der Waals surface area contributed by atoms with Crippen LogP contribution in [0.15, 0.2) is 34.8 Å². The first kappa shape index (κ1) is 12.9. The first-order valence-corrected chi connectivity index (χ1v) is 6.43. The van der Waals surface area contributed by atoms with E-state index >= 15 is 0 Å². The average molecular weight is 323 g/mol. The molecule has 18 heavy (non-hydrogen) atoms. The summed E-state index contributed by atoms with van der Waals surface area (Å²) in [6, 6.07) is 9.49. The number of halogens is 1. The fraction of sp³-hybridized carbons (Fsp3) is 0.0833. The molecule has 0 saturated heterocycles. The summed E-state index contributed by atoms with van der Waals surface area (Å²) in [4.78, 5) is 8.80. The second kappa shape index (κ2) is 5.41. The standard InChI is InChI=1S/C12H11BrN4S/c1-7-6-10(11(14)18)17-12(15-7)16-9-4-2-8(13)3-5-9/h2-6H,1H3,(H2,14,18)(H,15,16,17). The third-order valence-corrected chi connectivity index (χ3v) is 2.94. The van der Waals surface area contributed by atoms with Gasteiger partial charge >= 0.3 is 0 Å². The van der Waals surface area contributed by atoms with Gasteiger partial charge in [-0.3, -0.25) is 0 Å². The van der Waals surface area contributed by atoms with Crippen molar-refractivity contribution < 1.29 is 0 Å². The van der Waals surface area contributed by atoms with Crippen LogP contribution in [0.1, 0.15) is 11.4 Å². The van der Waals surface area contributed by atoms with Crippen LogP contribution in [0.25, 0.3) is 0 Å². The summed E-state index contributed by atoms with van der Waals surface area (Å²) in [6.07, 6.45) is 0. The quantitative estimate of drug-likeness (QED) is 0.851. The van der Waals surface area contributed by atoms with Gasteiger partial charge in [-0.25, -0.2) is 9.97 Å². The van der Waals surface area contributed by atoms with E-state index in [2.05, 4.69) is 31.2 Å². The van der Waals surface area contributed by atoms with Crippen molar-refractivity contribution in [1.82, 2.24) is 9.97 Å². The van der Waals surface area contributed by atoms with Gasteiger partial charge in [-0.2, -0.15) is 0 Å². The molecular formula is C12H11BrN4S.